The molecule has 0 amide bonds. The molecule has 1 aliphatic heterocycles. The largest absolute Gasteiger partial charge is 0.297 e. The van der Waals surface area contributed by atoms with Gasteiger partial charge in [0.2, 0.25) is 0 Å². The molecule has 1 saturated carbocycles. The van der Waals surface area contributed by atoms with Crippen LogP contribution in [0, 0.1) is 0 Å². The molecule has 2 heteroatoms. The first-order valence-corrected chi connectivity index (χ1v) is 3.74. The van der Waals surface area contributed by atoms with Gasteiger partial charge >= 0.3 is 0 Å². The third kappa shape index (κ3) is 1.08. The van der Waals surface area contributed by atoms with Crippen molar-refractivity contribution < 1.29 is 4.39 Å². The molecule has 1 heterocycles. The van der Waals surface area contributed by atoms with Crippen LogP contribution in [0.2, 0.25) is 0 Å². The molecule has 0 bridgehead atoms. The first kappa shape index (κ1) is 5.66. The molecule has 2 fully saturated rings. The SMILES string of the molecule is FC1CCN(C2CC2)C1. The van der Waals surface area contributed by atoms with Crippen LogP contribution in [-0.4, -0.2) is 30.2 Å². The fourth-order valence-corrected chi connectivity index (χ4v) is 1.51. The summed E-state index contributed by atoms with van der Waals surface area (Å²) >= 11 is 0. The Morgan fingerprint density at radius 1 is 1.22 bits per heavy atom. The van der Waals surface area contributed by atoms with Gasteiger partial charge in [-0.2, -0.15) is 0 Å². The van der Waals surface area contributed by atoms with Crippen molar-refractivity contribution in [2.75, 3.05) is 13.1 Å². The van der Waals surface area contributed by atoms with E-state index >= 15 is 0 Å². The minimum Gasteiger partial charge on any atom is -0.297 e. The second-order valence-corrected chi connectivity index (χ2v) is 3.11. The zero-order chi connectivity index (χ0) is 6.27. The number of hydrogen-bond acceptors (Lipinski definition) is 1. The summed E-state index contributed by atoms with van der Waals surface area (Å²) in [5.41, 5.74) is 0. The van der Waals surface area contributed by atoms with Crippen LogP contribution >= 0.6 is 0 Å². The molecule has 1 atom stereocenters. The van der Waals surface area contributed by atoms with Crippen LogP contribution in [0.4, 0.5) is 4.39 Å². The van der Waals surface area contributed by atoms with E-state index in [0.29, 0.717) is 6.54 Å². The highest BCUT2D eigenvalue weighted by molar-refractivity contribution is 4.89. The first-order chi connectivity index (χ1) is 4.36. The summed E-state index contributed by atoms with van der Waals surface area (Å²) in [4.78, 5) is 2.28. The lowest BCUT2D eigenvalue weighted by atomic mass is 10.3. The van der Waals surface area contributed by atoms with E-state index in [1.165, 1.54) is 12.8 Å². The molecule has 1 unspecified atom stereocenters. The second-order valence-electron chi connectivity index (χ2n) is 3.11. The molecular weight excluding hydrogens is 117 g/mol. The number of halogens is 1. The Kier molecular flexibility index (Phi) is 1.22. The summed E-state index contributed by atoms with van der Waals surface area (Å²) in [6.45, 7) is 1.72. The van der Waals surface area contributed by atoms with Crippen LogP contribution in [0.3, 0.4) is 0 Å². The van der Waals surface area contributed by atoms with Crippen LogP contribution in [0.1, 0.15) is 19.3 Å². The van der Waals surface area contributed by atoms with Crippen molar-refractivity contribution in [3.05, 3.63) is 0 Å². The van der Waals surface area contributed by atoms with Gasteiger partial charge in [-0.05, 0) is 19.3 Å². The highest BCUT2D eigenvalue weighted by atomic mass is 19.1. The van der Waals surface area contributed by atoms with Crippen molar-refractivity contribution in [2.24, 2.45) is 0 Å². The topological polar surface area (TPSA) is 3.24 Å². The van der Waals surface area contributed by atoms with Gasteiger partial charge in [0.1, 0.15) is 6.17 Å². The lowest BCUT2D eigenvalue weighted by Gasteiger charge is -2.11. The summed E-state index contributed by atoms with van der Waals surface area (Å²) in [6.07, 6.45) is 2.88. The maximum Gasteiger partial charge on any atom is 0.114 e. The zero-order valence-corrected chi connectivity index (χ0v) is 5.52. The van der Waals surface area contributed by atoms with E-state index in [2.05, 4.69) is 4.90 Å². The lowest BCUT2D eigenvalue weighted by Crippen LogP contribution is -2.22. The monoisotopic (exact) mass is 129 g/mol. The summed E-state index contributed by atoms with van der Waals surface area (Å²) in [5.74, 6) is 0. The summed E-state index contributed by atoms with van der Waals surface area (Å²) in [6, 6.07) is 0.769. The Hall–Kier alpha value is -0.110. The number of rotatable bonds is 1. The maximum atomic E-state index is 12.5. The molecule has 2 aliphatic rings. The quantitative estimate of drug-likeness (QED) is 0.514. The zero-order valence-electron chi connectivity index (χ0n) is 5.52. The molecule has 1 aliphatic carbocycles. The van der Waals surface area contributed by atoms with Crippen molar-refractivity contribution in [3.63, 3.8) is 0 Å². The van der Waals surface area contributed by atoms with Crippen LogP contribution in [-0.2, 0) is 0 Å². The van der Waals surface area contributed by atoms with Gasteiger partial charge < -0.3 is 0 Å². The third-order valence-corrected chi connectivity index (χ3v) is 2.23. The van der Waals surface area contributed by atoms with Gasteiger partial charge in [0, 0.05) is 19.1 Å². The average Bonchev–Trinajstić information content (AvgIpc) is 2.58. The summed E-state index contributed by atoms with van der Waals surface area (Å²) in [5, 5.41) is 0. The van der Waals surface area contributed by atoms with Gasteiger partial charge in [0.25, 0.3) is 0 Å². The van der Waals surface area contributed by atoms with Crippen LogP contribution in [0.5, 0.6) is 0 Å². The highest BCUT2D eigenvalue weighted by Gasteiger charge is 2.34. The minimum absolute atomic E-state index is 0.523. The van der Waals surface area contributed by atoms with E-state index in [4.69, 9.17) is 0 Å². The first-order valence-electron chi connectivity index (χ1n) is 3.74. The summed E-state index contributed by atoms with van der Waals surface area (Å²) < 4.78 is 12.5. The Labute approximate surface area is 54.8 Å². The predicted octanol–water partition coefficient (Wildman–Crippen LogP) is 1.19. The van der Waals surface area contributed by atoms with Gasteiger partial charge in [0.15, 0.2) is 0 Å². The molecule has 0 aromatic heterocycles. The fourth-order valence-electron chi connectivity index (χ4n) is 1.51. The highest BCUT2D eigenvalue weighted by Crippen LogP contribution is 2.30. The van der Waals surface area contributed by atoms with Crippen molar-refractivity contribution in [2.45, 2.75) is 31.5 Å². The molecule has 52 valence electrons. The number of alkyl halides is 1. The molecule has 2 rings (SSSR count). The van der Waals surface area contributed by atoms with E-state index in [-0.39, 0.29) is 0 Å². The molecule has 0 aromatic rings. The van der Waals surface area contributed by atoms with E-state index in [1.54, 1.807) is 0 Å². The average molecular weight is 129 g/mol. The molecule has 1 saturated heterocycles. The third-order valence-electron chi connectivity index (χ3n) is 2.23. The molecule has 0 N–H and O–H groups in total. The number of likely N-dealkylation sites (tertiary alicyclic amines) is 1. The molecule has 0 aromatic carbocycles. The van der Waals surface area contributed by atoms with E-state index in [0.717, 1.165) is 19.0 Å². The number of nitrogens with zero attached hydrogens (tertiary/aromatic N) is 1. The molecule has 9 heavy (non-hydrogen) atoms. The fraction of sp³-hybridized carbons (Fsp3) is 1.00. The second kappa shape index (κ2) is 1.94. The number of hydrogen-bond donors (Lipinski definition) is 0. The van der Waals surface area contributed by atoms with Crippen molar-refractivity contribution >= 4 is 0 Å². The Bertz CT molecular complexity index is 111. The Balaban J connectivity index is 1.86. The van der Waals surface area contributed by atoms with Crippen molar-refractivity contribution in [1.29, 1.82) is 0 Å². The van der Waals surface area contributed by atoms with Gasteiger partial charge in [-0.25, -0.2) is 4.39 Å². The minimum atomic E-state index is -0.523. The van der Waals surface area contributed by atoms with Crippen molar-refractivity contribution in [3.8, 4) is 0 Å². The van der Waals surface area contributed by atoms with Crippen molar-refractivity contribution in [1.82, 2.24) is 4.90 Å². The van der Waals surface area contributed by atoms with Gasteiger partial charge in [0.05, 0.1) is 0 Å². The summed E-state index contributed by atoms with van der Waals surface area (Å²) in [7, 11) is 0. The van der Waals surface area contributed by atoms with Gasteiger partial charge in [-0.1, -0.05) is 0 Å². The molecule has 0 spiro atoms. The normalized spacial score (nSPS) is 37.7. The van der Waals surface area contributed by atoms with Gasteiger partial charge in [-0.3, -0.25) is 4.90 Å². The van der Waals surface area contributed by atoms with Crippen LogP contribution in [0.15, 0.2) is 0 Å². The predicted molar refractivity (Wildman–Crippen MR) is 34.1 cm³/mol. The standard InChI is InChI=1S/C7H12FN/c8-6-3-4-9(5-6)7-1-2-7/h6-7H,1-5H2. The smallest absolute Gasteiger partial charge is 0.114 e. The molecule has 0 radical (unpaired) electrons. The molecule has 1 nitrogen and oxygen atoms in total. The van der Waals surface area contributed by atoms with Crippen LogP contribution in [0.25, 0.3) is 0 Å². The van der Waals surface area contributed by atoms with Crippen LogP contribution < -0.4 is 0 Å². The van der Waals surface area contributed by atoms with E-state index < -0.39 is 6.17 Å². The Morgan fingerprint density at radius 3 is 2.44 bits per heavy atom. The molecular formula is C7H12FN. The maximum absolute atomic E-state index is 12.5. The van der Waals surface area contributed by atoms with E-state index in [1.807, 2.05) is 0 Å². The van der Waals surface area contributed by atoms with E-state index in [9.17, 15) is 4.39 Å². The lowest BCUT2D eigenvalue weighted by molar-refractivity contribution is 0.281. The van der Waals surface area contributed by atoms with Gasteiger partial charge in [-0.15, -0.1) is 0 Å². The Morgan fingerprint density at radius 2 is 2.00 bits per heavy atom.